The van der Waals surface area contributed by atoms with E-state index in [0.29, 0.717) is 12.0 Å². The van der Waals surface area contributed by atoms with Gasteiger partial charge in [0.2, 0.25) is 0 Å². The van der Waals surface area contributed by atoms with Crippen LogP contribution in [0.5, 0.6) is 0 Å². The number of benzene rings is 1. The first-order chi connectivity index (χ1) is 14.8. The number of hydrogen-bond acceptors (Lipinski definition) is 6. The van der Waals surface area contributed by atoms with E-state index in [1.165, 1.54) is 6.92 Å². The van der Waals surface area contributed by atoms with Crippen LogP contribution in [0.2, 0.25) is 0 Å². The van der Waals surface area contributed by atoms with E-state index in [9.17, 15) is 24.3 Å². The minimum Gasteiger partial charge on any atom is -0.480 e. The highest BCUT2D eigenvalue weighted by molar-refractivity contribution is 6.08. The van der Waals surface area contributed by atoms with Gasteiger partial charge in [-0.2, -0.15) is 0 Å². The molecule has 0 fully saturated rings. The molecule has 0 heterocycles. The van der Waals surface area contributed by atoms with Crippen molar-refractivity contribution in [2.75, 3.05) is 19.8 Å². The molecule has 0 spiro atoms. The molecule has 1 atom stereocenters. The summed E-state index contributed by atoms with van der Waals surface area (Å²) in [6.45, 7) is 10.0. The molecule has 32 heavy (non-hydrogen) atoms. The number of carbonyl (C=O) groups excluding carboxylic acids is 3. The normalized spacial score (nSPS) is 12.3. The van der Waals surface area contributed by atoms with Crippen molar-refractivity contribution in [2.24, 2.45) is 5.92 Å². The van der Waals surface area contributed by atoms with Crippen LogP contribution in [-0.4, -0.2) is 65.0 Å². The maximum absolute atomic E-state index is 12.7. The fraction of sp³-hybridized carbons (Fsp3) is 0.583. The lowest BCUT2D eigenvalue weighted by Crippen LogP contribution is -2.48. The van der Waals surface area contributed by atoms with Gasteiger partial charge >= 0.3 is 12.1 Å². The van der Waals surface area contributed by atoms with Crippen molar-refractivity contribution in [3.8, 4) is 0 Å². The van der Waals surface area contributed by atoms with Gasteiger partial charge in [0, 0.05) is 17.7 Å². The first kappa shape index (κ1) is 27.3. The second-order valence-corrected chi connectivity index (χ2v) is 9.08. The number of carboxylic acid groups (broad SMARTS) is 1. The third kappa shape index (κ3) is 9.18. The maximum atomic E-state index is 12.7. The molecule has 0 radical (unpaired) electrons. The average molecular weight is 450 g/mol. The van der Waals surface area contributed by atoms with E-state index in [2.05, 4.69) is 0 Å². The first-order valence-corrected chi connectivity index (χ1v) is 10.8. The van der Waals surface area contributed by atoms with Crippen LogP contribution in [0, 0.1) is 5.92 Å². The molecule has 8 heteroatoms. The quantitative estimate of drug-likeness (QED) is 0.376. The summed E-state index contributed by atoms with van der Waals surface area (Å²) < 4.78 is 10.8. The van der Waals surface area contributed by atoms with Crippen molar-refractivity contribution in [3.05, 3.63) is 35.4 Å². The van der Waals surface area contributed by atoms with Crippen molar-refractivity contribution >= 4 is 23.6 Å². The minimum atomic E-state index is -1.12. The van der Waals surface area contributed by atoms with Crippen LogP contribution in [0.15, 0.2) is 24.3 Å². The van der Waals surface area contributed by atoms with Crippen LogP contribution < -0.4 is 0 Å². The lowest BCUT2D eigenvalue weighted by atomic mass is 10.0. The Balaban J connectivity index is 2.85. The molecular weight excluding hydrogens is 414 g/mol. The Morgan fingerprint density at radius 1 is 1.03 bits per heavy atom. The third-order valence-electron chi connectivity index (χ3n) is 4.62. The summed E-state index contributed by atoms with van der Waals surface area (Å²) in [5, 5.41) is 9.70. The number of rotatable bonds is 12. The average Bonchev–Trinajstić information content (AvgIpc) is 2.67. The second kappa shape index (κ2) is 12.3. The molecule has 0 aliphatic rings. The first-order valence-electron chi connectivity index (χ1n) is 10.8. The van der Waals surface area contributed by atoms with Crippen molar-refractivity contribution in [2.45, 2.75) is 66.0 Å². The Labute approximate surface area is 189 Å². The van der Waals surface area contributed by atoms with Gasteiger partial charge in [-0.25, -0.2) is 9.59 Å². The zero-order chi connectivity index (χ0) is 24.5. The monoisotopic (exact) mass is 449 g/mol. The molecule has 0 saturated carbocycles. The summed E-state index contributed by atoms with van der Waals surface area (Å²) >= 11 is 0. The topological polar surface area (TPSA) is 110 Å². The van der Waals surface area contributed by atoms with Crippen molar-refractivity contribution in [3.63, 3.8) is 0 Å². The number of Topliss-reactive ketones (excluding diaryl/α,β-unsaturated/α-hetero) is 2. The second-order valence-electron chi connectivity index (χ2n) is 9.08. The standard InChI is InChI=1S/C24H35NO7/c1-16(2)11-12-20(22(28)29)25(23(30)32-24(4,5)6)13-14-31-15-21(27)19-10-8-7-9-18(19)17(3)26/h7-10,16,20H,11-15H2,1-6H3,(H,28,29). The Hall–Kier alpha value is -2.74. The zero-order valence-corrected chi connectivity index (χ0v) is 19.8. The number of carboxylic acids is 1. The maximum Gasteiger partial charge on any atom is 0.411 e. The lowest BCUT2D eigenvalue weighted by Gasteiger charge is -2.31. The van der Waals surface area contributed by atoms with E-state index >= 15 is 0 Å². The molecule has 1 N–H and O–H groups in total. The highest BCUT2D eigenvalue weighted by Gasteiger charge is 2.32. The number of amides is 1. The highest BCUT2D eigenvalue weighted by Crippen LogP contribution is 2.17. The summed E-state index contributed by atoms with van der Waals surface area (Å²) in [6, 6.07) is 5.41. The number of hydrogen-bond donors (Lipinski definition) is 1. The van der Waals surface area contributed by atoms with E-state index in [1.54, 1.807) is 45.0 Å². The predicted octanol–water partition coefficient (Wildman–Crippen LogP) is 4.22. The number of ketones is 2. The van der Waals surface area contributed by atoms with Crippen LogP contribution in [-0.2, 0) is 14.3 Å². The van der Waals surface area contributed by atoms with Crippen LogP contribution in [0.3, 0.4) is 0 Å². The highest BCUT2D eigenvalue weighted by atomic mass is 16.6. The van der Waals surface area contributed by atoms with E-state index in [1.807, 2.05) is 13.8 Å². The molecule has 178 valence electrons. The van der Waals surface area contributed by atoms with Gasteiger partial charge in [0.1, 0.15) is 18.2 Å². The largest absolute Gasteiger partial charge is 0.480 e. The van der Waals surface area contributed by atoms with E-state index in [0.717, 1.165) is 4.90 Å². The molecular formula is C24H35NO7. The lowest BCUT2D eigenvalue weighted by molar-refractivity contribution is -0.143. The fourth-order valence-electron chi connectivity index (χ4n) is 3.04. The SMILES string of the molecule is CC(=O)c1ccccc1C(=O)COCCN(C(=O)OC(C)(C)C)C(CCC(C)C)C(=O)O. The summed E-state index contributed by atoms with van der Waals surface area (Å²) in [5.41, 5.74) is -0.204. The van der Waals surface area contributed by atoms with Gasteiger partial charge in [-0.3, -0.25) is 14.5 Å². The van der Waals surface area contributed by atoms with E-state index in [4.69, 9.17) is 9.47 Å². The van der Waals surface area contributed by atoms with Gasteiger partial charge < -0.3 is 14.6 Å². The van der Waals surface area contributed by atoms with Gasteiger partial charge in [-0.1, -0.05) is 38.1 Å². The van der Waals surface area contributed by atoms with Gasteiger partial charge in [0.15, 0.2) is 11.6 Å². The molecule has 0 aromatic heterocycles. The molecule has 1 unspecified atom stereocenters. The Bertz CT molecular complexity index is 811. The van der Waals surface area contributed by atoms with Crippen LogP contribution in [0.4, 0.5) is 4.79 Å². The summed E-state index contributed by atoms with van der Waals surface area (Å²) in [6.07, 6.45) is 0.153. The van der Waals surface area contributed by atoms with Crippen molar-refractivity contribution in [1.29, 1.82) is 0 Å². The Morgan fingerprint density at radius 2 is 1.62 bits per heavy atom. The van der Waals surface area contributed by atoms with Gasteiger partial charge in [-0.05, 0) is 46.5 Å². The summed E-state index contributed by atoms with van der Waals surface area (Å²) in [7, 11) is 0. The number of nitrogens with zero attached hydrogens (tertiary/aromatic N) is 1. The van der Waals surface area contributed by atoms with Gasteiger partial charge in [-0.15, -0.1) is 0 Å². The van der Waals surface area contributed by atoms with Crippen LogP contribution in [0.25, 0.3) is 0 Å². The number of ether oxygens (including phenoxy) is 2. The van der Waals surface area contributed by atoms with Crippen LogP contribution in [0.1, 0.15) is 75.1 Å². The molecule has 1 aromatic carbocycles. The van der Waals surface area contributed by atoms with Crippen molar-refractivity contribution < 1.29 is 33.8 Å². The molecule has 0 bridgehead atoms. The molecule has 8 nitrogen and oxygen atoms in total. The molecule has 1 amide bonds. The summed E-state index contributed by atoms with van der Waals surface area (Å²) in [5.74, 6) is -1.44. The van der Waals surface area contributed by atoms with Crippen LogP contribution >= 0.6 is 0 Å². The Kier molecular flexibility index (Phi) is 10.5. The smallest absolute Gasteiger partial charge is 0.411 e. The molecule has 1 aromatic rings. The molecule has 0 saturated heterocycles. The van der Waals surface area contributed by atoms with E-state index in [-0.39, 0.29) is 49.2 Å². The molecule has 0 aliphatic heterocycles. The third-order valence-corrected chi connectivity index (χ3v) is 4.62. The molecule has 1 rings (SSSR count). The number of carbonyl (C=O) groups is 4. The van der Waals surface area contributed by atoms with Crippen molar-refractivity contribution in [1.82, 2.24) is 4.90 Å². The van der Waals surface area contributed by atoms with Gasteiger partial charge in [0.25, 0.3) is 0 Å². The number of aliphatic carboxylic acids is 1. The molecule has 0 aliphatic carbocycles. The Morgan fingerprint density at radius 3 is 2.12 bits per heavy atom. The fourth-order valence-corrected chi connectivity index (χ4v) is 3.04. The minimum absolute atomic E-state index is 0.0500. The van der Waals surface area contributed by atoms with E-state index < -0.39 is 23.7 Å². The summed E-state index contributed by atoms with van der Waals surface area (Å²) in [4.78, 5) is 49.9. The predicted molar refractivity (Wildman–Crippen MR) is 120 cm³/mol. The van der Waals surface area contributed by atoms with Gasteiger partial charge in [0.05, 0.1) is 6.61 Å². The zero-order valence-electron chi connectivity index (χ0n) is 19.8.